The third kappa shape index (κ3) is 3.31. The maximum absolute atomic E-state index is 12.7. The number of nitrogens with zero attached hydrogens (tertiary/aromatic N) is 3. The molecule has 126 valence electrons. The number of aryl methyl sites for hydroxylation is 2. The molecule has 5 nitrogen and oxygen atoms in total. The van der Waals surface area contributed by atoms with Crippen LogP contribution in [0.2, 0.25) is 0 Å². The molecule has 1 fully saturated rings. The highest BCUT2D eigenvalue weighted by atomic mass is 16.2. The van der Waals surface area contributed by atoms with E-state index < -0.39 is 0 Å². The molecule has 1 N–H and O–H groups in total. The molecule has 0 bridgehead atoms. The molecule has 1 amide bonds. The van der Waals surface area contributed by atoms with E-state index in [0.717, 1.165) is 31.4 Å². The standard InChI is InChI=1S/C20H20N4O/c25-19(20(10-11-20)17-4-2-1-3-5-17)22-18-9-15-24(23-18)14-8-16-6-12-21-13-7-16/h1-7,9,12-13,15H,8,10-11,14H2,(H,22,23,25). The lowest BCUT2D eigenvalue weighted by molar-refractivity contribution is -0.118. The molecule has 0 atom stereocenters. The lowest BCUT2D eigenvalue weighted by atomic mass is 9.95. The zero-order valence-corrected chi connectivity index (χ0v) is 13.9. The lowest BCUT2D eigenvalue weighted by Crippen LogP contribution is -2.28. The lowest BCUT2D eigenvalue weighted by Gasteiger charge is -2.14. The Morgan fingerprint density at radius 3 is 2.56 bits per heavy atom. The number of carbonyl (C=O) groups excluding carboxylic acids is 1. The third-order valence-electron chi connectivity index (χ3n) is 4.77. The Labute approximate surface area is 146 Å². The summed E-state index contributed by atoms with van der Waals surface area (Å²) in [4.78, 5) is 16.7. The average Bonchev–Trinajstić information content (AvgIpc) is 3.37. The van der Waals surface area contributed by atoms with E-state index in [-0.39, 0.29) is 11.3 Å². The third-order valence-corrected chi connectivity index (χ3v) is 4.77. The molecule has 2 aromatic heterocycles. The molecule has 3 aromatic rings. The topological polar surface area (TPSA) is 59.8 Å². The first kappa shape index (κ1) is 15.6. The highest BCUT2D eigenvalue weighted by Crippen LogP contribution is 2.48. The minimum absolute atomic E-state index is 0.0399. The van der Waals surface area contributed by atoms with Gasteiger partial charge in [0.25, 0.3) is 0 Å². The van der Waals surface area contributed by atoms with Crippen LogP contribution in [0.15, 0.2) is 67.1 Å². The van der Waals surface area contributed by atoms with Gasteiger partial charge in [-0.3, -0.25) is 14.5 Å². The molecule has 1 aliphatic rings. The number of anilines is 1. The number of pyridine rings is 1. The van der Waals surface area contributed by atoms with Gasteiger partial charge in [0, 0.05) is 31.2 Å². The van der Waals surface area contributed by atoms with Crippen molar-refractivity contribution in [1.29, 1.82) is 0 Å². The van der Waals surface area contributed by atoms with E-state index in [2.05, 4.69) is 15.4 Å². The minimum Gasteiger partial charge on any atom is -0.308 e. The van der Waals surface area contributed by atoms with Crippen molar-refractivity contribution >= 4 is 11.7 Å². The summed E-state index contributed by atoms with van der Waals surface area (Å²) in [7, 11) is 0. The van der Waals surface area contributed by atoms with Crippen molar-refractivity contribution in [1.82, 2.24) is 14.8 Å². The zero-order valence-electron chi connectivity index (χ0n) is 13.9. The molecule has 0 unspecified atom stereocenters. The molecule has 25 heavy (non-hydrogen) atoms. The van der Waals surface area contributed by atoms with Gasteiger partial charge in [0.2, 0.25) is 5.91 Å². The summed E-state index contributed by atoms with van der Waals surface area (Å²) in [6.45, 7) is 0.768. The van der Waals surface area contributed by atoms with E-state index in [0.29, 0.717) is 5.82 Å². The molecule has 0 saturated heterocycles. The largest absolute Gasteiger partial charge is 0.308 e. The predicted octanol–water partition coefficient (Wildman–Crippen LogP) is 3.19. The number of hydrogen-bond donors (Lipinski definition) is 1. The van der Waals surface area contributed by atoms with Crippen molar-refractivity contribution < 1.29 is 4.79 Å². The van der Waals surface area contributed by atoms with Gasteiger partial charge in [-0.2, -0.15) is 5.10 Å². The van der Waals surface area contributed by atoms with Crippen molar-refractivity contribution in [2.75, 3.05) is 5.32 Å². The first-order valence-corrected chi connectivity index (χ1v) is 8.56. The van der Waals surface area contributed by atoms with Crippen molar-refractivity contribution in [3.63, 3.8) is 0 Å². The minimum atomic E-state index is -0.373. The van der Waals surface area contributed by atoms with E-state index in [4.69, 9.17) is 0 Å². The first-order chi connectivity index (χ1) is 12.3. The van der Waals surface area contributed by atoms with Gasteiger partial charge >= 0.3 is 0 Å². The first-order valence-electron chi connectivity index (χ1n) is 8.56. The zero-order chi connectivity index (χ0) is 17.1. The van der Waals surface area contributed by atoms with E-state index >= 15 is 0 Å². The second-order valence-corrected chi connectivity index (χ2v) is 6.47. The van der Waals surface area contributed by atoms with Crippen LogP contribution in [0.5, 0.6) is 0 Å². The van der Waals surface area contributed by atoms with Crippen LogP contribution < -0.4 is 5.32 Å². The van der Waals surface area contributed by atoms with Gasteiger partial charge in [-0.1, -0.05) is 30.3 Å². The Hall–Kier alpha value is -2.95. The molecule has 0 spiro atoms. The van der Waals surface area contributed by atoms with E-state index in [9.17, 15) is 4.79 Å². The number of nitrogens with one attached hydrogen (secondary N) is 1. The summed E-state index contributed by atoms with van der Waals surface area (Å²) in [6.07, 6.45) is 8.16. The highest BCUT2D eigenvalue weighted by molar-refractivity contribution is 6.00. The van der Waals surface area contributed by atoms with Crippen molar-refractivity contribution in [2.45, 2.75) is 31.2 Å². The summed E-state index contributed by atoms with van der Waals surface area (Å²) in [6, 6.07) is 15.9. The molecule has 5 heteroatoms. The highest BCUT2D eigenvalue weighted by Gasteiger charge is 2.51. The fourth-order valence-electron chi connectivity index (χ4n) is 3.11. The van der Waals surface area contributed by atoms with E-state index in [1.54, 1.807) is 12.4 Å². The number of hydrogen-bond acceptors (Lipinski definition) is 3. The number of benzene rings is 1. The Bertz CT molecular complexity index is 854. The van der Waals surface area contributed by atoms with E-state index in [1.165, 1.54) is 5.56 Å². The number of carbonyl (C=O) groups is 1. The predicted molar refractivity (Wildman–Crippen MR) is 96.2 cm³/mol. The van der Waals surface area contributed by atoms with Gasteiger partial charge in [-0.25, -0.2) is 0 Å². The maximum Gasteiger partial charge on any atom is 0.236 e. The van der Waals surface area contributed by atoms with Crippen LogP contribution in [0, 0.1) is 0 Å². The van der Waals surface area contributed by atoms with Crippen molar-refractivity contribution in [3.05, 3.63) is 78.2 Å². The van der Waals surface area contributed by atoms with Crippen LogP contribution in [0.4, 0.5) is 5.82 Å². The average molecular weight is 332 g/mol. The van der Waals surface area contributed by atoms with Crippen molar-refractivity contribution in [3.8, 4) is 0 Å². The summed E-state index contributed by atoms with van der Waals surface area (Å²) in [5.74, 6) is 0.653. The molecule has 1 aliphatic carbocycles. The molecule has 4 rings (SSSR count). The Balaban J connectivity index is 1.39. The van der Waals surface area contributed by atoms with Gasteiger partial charge < -0.3 is 5.32 Å². The number of rotatable bonds is 6. The van der Waals surface area contributed by atoms with Gasteiger partial charge in [0.05, 0.1) is 5.41 Å². The molecule has 0 aliphatic heterocycles. The van der Waals surface area contributed by atoms with Gasteiger partial charge in [-0.05, 0) is 42.5 Å². The van der Waals surface area contributed by atoms with Crippen LogP contribution in [0.25, 0.3) is 0 Å². The Morgan fingerprint density at radius 1 is 1.08 bits per heavy atom. The number of amides is 1. The molecule has 1 aromatic carbocycles. The smallest absolute Gasteiger partial charge is 0.236 e. The fraction of sp³-hybridized carbons (Fsp3) is 0.250. The molecule has 2 heterocycles. The van der Waals surface area contributed by atoms with Crippen LogP contribution in [-0.4, -0.2) is 20.7 Å². The molecular weight excluding hydrogens is 312 g/mol. The Morgan fingerprint density at radius 2 is 1.84 bits per heavy atom. The maximum atomic E-state index is 12.7. The van der Waals surface area contributed by atoms with Gasteiger partial charge in [0.1, 0.15) is 0 Å². The number of aromatic nitrogens is 3. The molecular formula is C20H20N4O. The van der Waals surface area contributed by atoms with Gasteiger partial charge in [0.15, 0.2) is 5.82 Å². The normalized spacial score (nSPS) is 14.9. The monoisotopic (exact) mass is 332 g/mol. The quantitative estimate of drug-likeness (QED) is 0.754. The molecule has 0 radical (unpaired) electrons. The van der Waals surface area contributed by atoms with Crippen LogP contribution in [0.3, 0.4) is 0 Å². The van der Waals surface area contributed by atoms with Crippen LogP contribution in [-0.2, 0) is 23.2 Å². The summed E-state index contributed by atoms with van der Waals surface area (Å²) >= 11 is 0. The fourth-order valence-corrected chi connectivity index (χ4v) is 3.11. The second kappa shape index (κ2) is 6.51. The summed E-state index contributed by atoms with van der Waals surface area (Å²) < 4.78 is 1.86. The molecule has 1 saturated carbocycles. The van der Waals surface area contributed by atoms with Crippen molar-refractivity contribution in [2.24, 2.45) is 0 Å². The summed E-state index contributed by atoms with van der Waals surface area (Å²) in [5, 5.41) is 7.45. The van der Waals surface area contributed by atoms with Gasteiger partial charge in [-0.15, -0.1) is 0 Å². The van der Waals surface area contributed by atoms with Crippen LogP contribution >= 0.6 is 0 Å². The SMILES string of the molecule is O=C(Nc1ccn(CCc2ccncc2)n1)C1(c2ccccc2)CC1. The summed E-state index contributed by atoms with van der Waals surface area (Å²) in [5.41, 5.74) is 1.93. The van der Waals surface area contributed by atoms with Crippen LogP contribution in [0.1, 0.15) is 24.0 Å². The second-order valence-electron chi connectivity index (χ2n) is 6.47. The Kier molecular flexibility index (Phi) is 4.06. The van der Waals surface area contributed by atoms with E-state index in [1.807, 2.05) is 59.4 Å².